The lowest BCUT2D eigenvalue weighted by Gasteiger charge is -2.24. The molecule has 0 unspecified atom stereocenters. The molecule has 0 spiro atoms. The van der Waals surface area contributed by atoms with Crippen LogP contribution in [-0.4, -0.2) is 14.6 Å². The Kier molecular flexibility index (Phi) is 2.65. The van der Waals surface area contributed by atoms with Gasteiger partial charge in [-0.05, 0) is 42.3 Å². The van der Waals surface area contributed by atoms with Crippen LogP contribution in [0.1, 0.15) is 20.8 Å². The van der Waals surface area contributed by atoms with Crippen molar-refractivity contribution in [2.75, 3.05) is 0 Å². The molecule has 1 nitrogen and oxygen atoms in total. The first kappa shape index (κ1) is 11.7. The van der Waals surface area contributed by atoms with Crippen LogP contribution in [0.25, 0.3) is 11.1 Å². The van der Waals surface area contributed by atoms with Crippen LogP contribution in [-0.2, 0) is 4.43 Å². The van der Waals surface area contributed by atoms with E-state index in [9.17, 15) is 0 Å². The summed E-state index contributed by atoms with van der Waals surface area (Å²) in [5.41, 5.74) is 2.61. The second kappa shape index (κ2) is 4.07. The van der Waals surface area contributed by atoms with Gasteiger partial charge < -0.3 is 4.43 Å². The molecular formula is C16H17OSi. The molecule has 1 radical (unpaired) electrons. The minimum atomic E-state index is -1.08. The molecule has 2 heteroatoms. The van der Waals surface area contributed by atoms with Crippen molar-refractivity contribution < 1.29 is 4.43 Å². The average Bonchev–Trinajstić information content (AvgIpc) is 2.64. The molecular weight excluding hydrogens is 236 g/mol. The van der Waals surface area contributed by atoms with E-state index in [1.165, 1.54) is 21.5 Å². The van der Waals surface area contributed by atoms with Gasteiger partial charge in [0.2, 0.25) is 0 Å². The van der Waals surface area contributed by atoms with Crippen LogP contribution in [0.5, 0.6) is 0 Å². The highest BCUT2D eigenvalue weighted by atomic mass is 28.3. The van der Waals surface area contributed by atoms with Gasteiger partial charge in [-0.25, -0.2) is 0 Å². The number of rotatable bonds is 1. The molecule has 18 heavy (non-hydrogen) atoms. The predicted octanol–water partition coefficient (Wildman–Crippen LogP) is 2.59. The van der Waals surface area contributed by atoms with Gasteiger partial charge in [-0.15, -0.1) is 0 Å². The Hall–Kier alpha value is -1.38. The molecule has 2 aromatic rings. The topological polar surface area (TPSA) is 9.23 Å². The standard InChI is InChI=1S/C16H17OSi/c1-16(2,3)17-18-14-10-6-4-8-12(14)13-9-5-7-11-15(13)18/h4-11H,1-3H3. The Morgan fingerprint density at radius 3 is 1.67 bits per heavy atom. The summed E-state index contributed by atoms with van der Waals surface area (Å²) in [6.07, 6.45) is 0. The molecule has 1 aliphatic rings. The first-order valence-corrected chi connectivity index (χ1v) is 7.72. The zero-order chi connectivity index (χ0) is 12.8. The molecule has 1 heterocycles. The minimum Gasteiger partial charge on any atom is -0.402 e. The van der Waals surface area contributed by atoms with E-state index in [0.29, 0.717) is 0 Å². The largest absolute Gasteiger partial charge is 0.402 e. The Morgan fingerprint density at radius 2 is 1.22 bits per heavy atom. The lowest BCUT2D eigenvalue weighted by atomic mass is 10.1. The normalized spacial score (nSPS) is 14.4. The van der Waals surface area contributed by atoms with Gasteiger partial charge in [0, 0.05) is 5.60 Å². The van der Waals surface area contributed by atoms with E-state index in [1.54, 1.807) is 0 Å². The van der Waals surface area contributed by atoms with Gasteiger partial charge in [0.25, 0.3) is 9.04 Å². The lowest BCUT2D eigenvalue weighted by molar-refractivity contribution is 0.136. The Bertz CT molecular complexity index is 538. The maximum Gasteiger partial charge on any atom is 0.284 e. The lowest BCUT2D eigenvalue weighted by Crippen LogP contribution is -2.46. The smallest absolute Gasteiger partial charge is 0.284 e. The molecule has 0 amide bonds. The van der Waals surface area contributed by atoms with E-state index in [4.69, 9.17) is 4.43 Å². The van der Waals surface area contributed by atoms with Gasteiger partial charge in [-0.1, -0.05) is 48.5 Å². The van der Waals surface area contributed by atoms with Gasteiger partial charge in [-0.3, -0.25) is 0 Å². The van der Waals surface area contributed by atoms with Crippen molar-refractivity contribution in [3.63, 3.8) is 0 Å². The average molecular weight is 253 g/mol. The Labute approximate surface area is 110 Å². The summed E-state index contributed by atoms with van der Waals surface area (Å²) < 4.78 is 6.35. The van der Waals surface area contributed by atoms with E-state index in [2.05, 4.69) is 69.3 Å². The highest BCUT2D eigenvalue weighted by Gasteiger charge is 2.34. The third-order valence-electron chi connectivity index (χ3n) is 3.04. The van der Waals surface area contributed by atoms with E-state index < -0.39 is 9.04 Å². The fraction of sp³-hybridized carbons (Fsp3) is 0.250. The maximum atomic E-state index is 6.35. The number of hydrogen-bond donors (Lipinski definition) is 0. The summed E-state index contributed by atoms with van der Waals surface area (Å²) in [6.45, 7) is 6.40. The predicted molar refractivity (Wildman–Crippen MR) is 77.7 cm³/mol. The monoisotopic (exact) mass is 253 g/mol. The first-order chi connectivity index (χ1) is 8.56. The van der Waals surface area contributed by atoms with Crippen molar-refractivity contribution in [2.45, 2.75) is 26.4 Å². The molecule has 0 saturated carbocycles. The van der Waals surface area contributed by atoms with Gasteiger partial charge in [0.15, 0.2) is 0 Å². The summed E-state index contributed by atoms with van der Waals surface area (Å²) in [7, 11) is -1.08. The molecule has 2 aromatic carbocycles. The third kappa shape index (κ3) is 1.92. The third-order valence-corrected chi connectivity index (χ3v) is 5.71. The van der Waals surface area contributed by atoms with Gasteiger partial charge in [0.05, 0.1) is 0 Å². The number of benzene rings is 2. The van der Waals surface area contributed by atoms with Crippen LogP contribution in [0.3, 0.4) is 0 Å². The zero-order valence-electron chi connectivity index (χ0n) is 11.0. The molecule has 1 aliphatic heterocycles. The van der Waals surface area contributed by atoms with Gasteiger partial charge in [0.1, 0.15) is 0 Å². The summed E-state index contributed by atoms with van der Waals surface area (Å²) in [5, 5.41) is 2.78. The van der Waals surface area contributed by atoms with Crippen molar-refractivity contribution in [1.82, 2.24) is 0 Å². The quantitative estimate of drug-likeness (QED) is 0.710. The SMILES string of the molecule is CC(C)(C)O[Si]1c2ccccc2-c2ccccc21. The molecule has 0 fully saturated rings. The van der Waals surface area contributed by atoms with Crippen LogP contribution in [0.2, 0.25) is 0 Å². The van der Waals surface area contributed by atoms with E-state index >= 15 is 0 Å². The van der Waals surface area contributed by atoms with Crippen molar-refractivity contribution in [3.8, 4) is 11.1 Å². The van der Waals surface area contributed by atoms with Gasteiger partial charge in [-0.2, -0.15) is 0 Å². The molecule has 0 bridgehead atoms. The van der Waals surface area contributed by atoms with E-state index in [1.807, 2.05) is 0 Å². The molecule has 3 rings (SSSR count). The van der Waals surface area contributed by atoms with Crippen LogP contribution in [0, 0.1) is 0 Å². The van der Waals surface area contributed by atoms with Crippen molar-refractivity contribution in [2.24, 2.45) is 0 Å². The summed E-state index contributed by atoms with van der Waals surface area (Å²) in [4.78, 5) is 0. The van der Waals surface area contributed by atoms with Crippen molar-refractivity contribution in [1.29, 1.82) is 0 Å². The molecule has 91 valence electrons. The maximum absolute atomic E-state index is 6.35. The highest BCUT2D eigenvalue weighted by molar-refractivity contribution is 6.84. The van der Waals surface area contributed by atoms with Crippen molar-refractivity contribution in [3.05, 3.63) is 48.5 Å². The highest BCUT2D eigenvalue weighted by Crippen LogP contribution is 2.24. The summed E-state index contributed by atoms with van der Waals surface area (Å²) >= 11 is 0. The molecule has 0 saturated heterocycles. The fourth-order valence-electron chi connectivity index (χ4n) is 2.39. The van der Waals surface area contributed by atoms with Crippen LogP contribution in [0.4, 0.5) is 0 Å². The van der Waals surface area contributed by atoms with Crippen LogP contribution < -0.4 is 10.4 Å². The summed E-state index contributed by atoms with van der Waals surface area (Å²) in [5.74, 6) is 0. The van der Waals surface area contributed by atoms with E-state index in [0.717, 1.165) is 0 Å². The first-order valence-electron chi connectivity index (χ1n) is 6.31. The number of fused-ring (bicyclic) bond motifs is 3. The summed E-state index contributed by atoms with van der Waals surface area (Å²) in [6, 6.07) is 17.3. The van der Waals surface area contributed by atoms with E-state index in [-0.39, 0.29) is 5.60 Å². The van der Waals surface area contributed by atoms with Crippen molar-refractivity contribution >= 4 is 19.4 Å². The molecule has 0 aliphatic carbocycles. The molecule has 0 aromatic heterocycles. The fourth-order valence-corrected chi connectivity index (χ4v) is 4.94. The number of hydrogen-bond acceptors (Lipinski definition) is 1. The zero-order valence-corrected chi connectivity index (χ0v) is 12.0. The van der Waals surface area contributed by atoms with Crippen LogP contribution >= 0.6 is 0 Å². The second-order valence-corrected chi connectivity index (χ2v) is 7.57. The molecule has 0 N–H and O–H groups in total. The van der Waals surface area contributed by atoms with Crippen LogP contribution in [0.15, 0.2) is 48.5 Å². The minimum absolute atomic E-state index is 0.0984. The second-order valence-electron chi connectivity index (χ2n) is 5.63. The Balaban J connectivity index is 2.15. The van der Waals surface area contributed by atoms with Gasteiger partial charge >= 0.3 is 0 Å². The Morgan fingerprint density at radius 1 is 0.778 bits per heavy atom. The molecule has 0 atom stereocenters.